The van der Waals surface area contributed by atoms with Crippen LogP contribution >= 0.6 is 11.3 Å². The number of anilines is 2. The van der Waals surface area contributed by atoms with Crippen LogP contribution < -0.4 is 20.4 Å². The molecule has 2 aromatic rings. The maximum atomic E-state index is 13.8. The maximum absolute atomic E-state index is 13.8. The number of piperidine rings is 1. The third-order valence-corrected chi connectivity index (χ3v) is 6.03. The van der Waals surface area contributed by atoms with Crippen molar-refractivity contribution in [2.45, 2.75) is 25.3 Å². The minimum Gasteiger partial charge on any atom is -0.372 e. The highest BCUT2D eigenvalue weighted by Gasteiger charge is 2.20. The lowest BCUT2D eigenvalue weighted by atomic mass is 10.1. The number of guanidine groups is 1. The van der Waals surface area contributed by atoms with Crippen LogP contribution in [0.3, 0.4) is 0 Å². The van der Waals surface area contributed by atoms with Gasteiger partial charge in [-0.25, -0.2) is 4.39 Å². The summed E-state index contributed by atoms with van der Waals surface area (Å²) in [5.41, 5.74) is 0.641. The van der Waals surface area contributed by atoms with E-state index in [9.17, 15) is 4.39 Å². The second kappa shape index (κ2) is 10.3. The van der Waals surface area contributed by atoms with Gasteiger partial charge in [0.25, 0.3) is 0 Å². The first-order valence-corrected chi connectivity index (χ1v) is 10.8. The van der Waals surface area contributed by atoms with Crippen LogP contribution in [0.15, 0.2) is 46.8 Å². The molecule has 0 amide bonds. The summed E-state index contributed by atoms with van der Waals surface area (Å²) in [5, 5.41) is 10.4. The van der Waals surface area contributed by atoms with E-state index < -0.39 is 0 Å². The van der Waals surface area contributed by atoms with Gasteiger partial charge in [0.05, 0.1) is 10.7 Å². The molecule has 28 heavy (non-hydrogen) atoms. The lowest BCUT2D eigenvalue weighted by molar-refractivity contribution is 0.462. The first kappa shape index (κ1) is 20.5. The number of thiophene rings is 1. The molecule has 1 aliphatic heterocycles. The summed E-state index contributed by atoms with van der Waals surface area (Å²) in [6, 6.07) is 11.6. The predicted molar refractivity (Wildman–Crippen MR) is 118 cm³/mol. The molecule has 0 aliphatic carbocycles. The fourth-order valence-corrected chi connectivity index (χ4v) is 4.27. The van der Waals surface area contributed by atoms with E-state index in [1.807, 2.05) is 31.1 Å². The number of nitrogens with zero attached hydrogens (tertiary/aromatic N) is 3. The van der Waals surface area contributed by atoms with Crippen LogP contribution in [0.25, 0.3) is 0 Å². The molecule has 0 radical (unpaired) electrons. The Kier molecular flexibility index (Phi) is 7.54. The largest absolute Gasteiger partial charge is 0.372 e. The number of para-hydroxylation sites is 1. The highest BCUT2D eigenvalue weighted by atomic mass is 32.1. The number of hydrogen-bond acceptors (Lipinski definition) is 4. The average Bonchev–Trinajstić information content (AvgIpc) is 3.26. The fraction of sp³-hybridized carbons (Fsp3) is 0.476. The van der Waals surface area contributed by atoms with E-state index in [-0.39, 0.29) is 5.82 Å². The van der Waals surface area contributed by atoms with E-state index in [4.69, 9.17) is 0 Å². The number of hydrogen-bond donors (Lipinski definition) is 2. The number of aliphatic imine (C=N–C) groups is 1. The molecule has 1 aromatic carbocycles. The zero-order valence-corrected chi connectivity index (χ0v) is 17.5. The Balaban J connectivity index is 1.35. The van der Waals surface area contributed by atoms with Gasteiger partial charge >= 0.3 is 0 Å². The summed E-state index contributed by atoms with van der Waals surface area (Å²) in [5.74, 6) is 0.674. The van der Waals surface area contributed by atoms with Crippen molar-refractivity contribution in [1.82, 2.24) is 10.6 Å². The predicted octanol–water partition coefficient (Wildman–Crippen LogP) is 3.55. The van der Waals surface area contributed by atoms with Crippen molar-refractivity contribution < 1.29 is 4.39 Å². The Labute approximate surface area is 171 Å². The Morgan fingerprint density at radius 1 is 1.25 bits per heavy atom. The minimum atomic E-state index is -0.177. The lowest BCUT2D eigenvalue weighted by Gasteiger charge is -2.33. The molecule has 1 fully saturated rings. The van der Waals surface area contributed by atoms with Gasteiger partial charge in [0, 0.05) is 46.3 Å². The molecule has 7 heteroatoms. The molecule has 152 valence electrons. The Hall–Kier alpha value is -2.28. The van der Waals surface area contributed by atoms with Gasteiger partial charge in [-0.15, -0.1) is 11.3 Å². The number of benzene rings is 1. The molecule has 2 heterocycles. The third kappa shape index (κ3) is 5.61. The zero-order chi connectivity index (χ0) is 19.8. The molecule has 3 rings (SSSR count). The van der Waals surface area contributed by atoms with E-state index in [0.29, 0.717) is 11.7 Å². The molecular formula is C21H30FN5S. The molecule has 0 atom stereocenters. The van der Waals surface area contributed by atoms with Gasteiger partial charge in [-0.3, -0.25) is 4.99 Å². The summed E-state index contributed by atoms with van der Waals surface area (Å²) in [7, 11) is 3.73. The van der Waals surface area contributed by atoms with E-state index in [0.717, 1.165) is 51.4 Å². The zero-order valence-electron chi connectivity index (χ0n) is 16.7. The normalized spacial score (nSPS) is 15.5. The Morgan fingerprint density at radius 2 is 2.04 bits per heavy atom. The van der Waals surface area contributed by atoms with Gasteiger partial charge in [0.2, 0.25) is 0 Å². The molecular weight excluding hydrogens is 373 g/mol. The molecule has 0 unspecified atom stereocenters. The third-order valence-electron chi connectivity index (χ3n) is 5.10. The van der Waals surface area contributed by atoms with Crippen molar-refractivity contribution in [2.75, 3.05) is 50.1 Å². The number of rotatable bonds is 7. The average molecular weight is 404 g/mol. The van der Waals surface area contributed by atoms with Gasteiger partial charge in [0.1, 0.15) is 5.82 Å². The van der Waals surface area contributed by atoms with Gasteiger partial charge in [0.15, 0.2) is 5.96 Å². The highest BCUT2D eigenvalue weighted by Crippen LogP contribution is 2.24. The maximum Gasteiger partial charge on any atom is 0.191 e. The quantitative estimate of drug-likeness (QED) is 0.422. The summed E-state index contributed by atoms with van der Waals surface area (Å²) in [6.07, 6.45) is 3.12. The molecule has 1 saturated heterocycles. The van der Waals surface area contributed by atoms with Crippen LogP contribution in [-0.2, 0) is 0 Å². The topological polar surface area (TPSA) is 42.9 Å². The molecule has 0 bridgehead atoms. The minimum absolute atomic E-state index is 0.177. The van der Waals surface area contributed by atoms with Crippen molar-refractivity contribution in [3.63, 3.8) is 0 Å². The molecule has 1 aliphatic rings. The van der Waals surface area contributed by atoms with Crippen LogP contribution in [0.1, 0.15) is 19.3 Å². The van der Waals surface area contributed by atoms with Crippen LogP contribution in [0, 0.1) is 5.82 Å². The van der Waals surface area contributed by atoms with Crippen molar-refractivity contribution in [3.05, 3.63) is 47.6 Å². The Bertz CT molecular complexity index is 741. The first-order valence-electron chi connectivity index (χ1n) is 9.88. The van der Waals surface area contributed by atoms with E-state index in [2.05, 4.69) is 38.0 Å². The summed E-state index contributed by atoms with van der Waals surface area (Å²) in [4.78, 5) is 8.76. The molecule has 0 spiro atoms. The van der Waals surface area contributed by atoms with Crippen molar-refractivity contribution >= 4 is 28.0 Å². The van der Waals surface area contributed by atoms with Gasteiger partial charge in [-0.05, 0) is 48.9 Å². The summed E-state index contributed by atoms with van der Waals surface area (Å²) < 4.78 is 13.8. The van der Waals surface area contributed by atoms with E-state index >= 15 is 0 Å². The number of halogens is 1. The second-order valence-electron chi connectivity index (χ2n) is 7.08. The molecule has 2 N–H and O–H groups in total. The van der Waals surface area contributed by atoms with Crippen LogP contribution in [0.4, 0.5) is 15.1 Å². The second-order valence-corrected chi connectivity index (χ2v) is 8.01. The standard InChI is InChI=1S/C21H30FN5S/c1-23-21(24-12-6-13-26(2)19-8-4-3-7-18(19)22)25-17-10-14-27(15-11-17)20-9-5-16-28-20/h3-5,7-9,16-17H,6,10-15H2,1-2H3,(H2,23,24,25). The van der Waals surface area contributed by atoms with Crippen LogP contribution in [0.2, 0.25) is 0 Å². The van der Waals surface area contributed by atoms with E-state index in [1.54, 1.807) is 17.4 Å². The summed E-state index contributed by atoms with van der Waals surface area (Å²) >= 11 is 1.81. The van der Waals surface area contributed by atoms with Crippen molar-refractivity contribution in [3.8, 4) is 0 Å². The molecule has 0 saturated carbocycles. The Morgan fingerprint density at radius 3 is 2.71 bits per heavy atom. The van der Waals surface area contributed by atoms with Gasteiger partial charge < -0.3 is 20.4 Å². The van der Waals surface area contributed by atoms with Crippen LogP contribution in [0.5, 0.6) is 0 Å². The fourth-order valence-electron chi connectivity index (χ4n) is 3.49. The van der Waals surface area contributed by atoms with Gasteiger partial charge in [-0.2, -0.15) is 0 Å². The summed E-state index contributed by atoms with van der Waals surface area (Å²) in [6.45, 7) is 3.72. The van der Waals surface area contributed by atoms with Gasteiger partial charge in [-0.1, -0.05) is 12.1 Å². The van der Waals surface area contributed by atoms with Crippen molar-refractivity contribution in [2.24, 2.45) is 4.99 Å². The van der Waals surface area contributed by atoms with E-state index in [1.165, 1.54) is 11.1 Å². The smallest absolute Gasteiger partial charge is 0.191 e. The molecule has 5 nitrogen and oxygen atoms in total. The first-order chi connectivity index (χ1) is 13.7. The highest BCUT2D eigenvalue weighted by molar-refractivity contribution is 7.14. The molecule has 1 aromatic heterocycles. The lowest BCUT2D eigenvalue weighted by Crippen LogP contribution is -2.49. The number of nitrogens with one attached hydrogen (secondary N) is 2. The van der Waals surface area contributed by atoms with Crippen LogP contribution in [-0.4, -0.2) is 52.3 Å². The van der Waals surface area contributed by atoms with Crippen molar-refractivity contribution in [1.29, 1.82) is 0 Å². The monoisotopic (exact) mass is 403 g/mol. The SMILES string of the molecule is CN=C(NCCCN(C)c1ccccc1F)NC1CCN(c2cccs2)CC1.